The van der Waals surface area contributed by atoms with Gasteiger partial charge in [0, 0.05) is 43.1 Å². The van der Waals surface area contributed by atoms with Gasteiger partial charge in [0.15, 0.2) is 0 Å². The highest BCUT2D eigenvalue weighted by Gasteiger charge is 2.86. The van der Waals surface area contributed by atoms with Gasteiger partial charge < -0.3 is 19.7 Å². The molecule has 2 N–H and O–H groups in total. The van der Waals surface area contributed by atoms with E-state index in [1.165, 1.54) is 6.92 Å². The van der Waals surface area contributed by atoms with Gasteiger partial charge in [-0.3, -0.25) is 9.59 Å². The van der Waals surface area contributed by atoms with E-state index in [4.69, 9.17) is 9.47 Å². The Kier molecular flexibility index (Phi) is 5.77. The number of carbonyl (C=O) groups excluding carboxylic acids is 2. The molecular weight excluding hydrogens is 480 g/mol. The number of carbonyl (C=O) groups is 2. The molecule has 11 unspecified atom stereocenters. The van der Waals surface area contributed by atoms with Crippen molar-refractivity contribution >= 4 is 11.8 Å². The first kappa shape index (κ1) is 27.2. The van der Waals surface area contributed by atoms with Gasteiger partial charge in [-0.25, -0.2) is 0 Å². The summed E-state index contributed by atoms with van der Waals surface area (Å²) < 4.78 is 12.7. The molecule has 6 aliphatic rings. The number of ketones is 1. The Bertz CT molecular complexity index is 1030. The minimum absolute atomic E-state index is 0.0317. The number of ether oxygens (including phenoxy) is 2. The van der Waals surface area contributed by atoms with Gasteiger partial charge in [-0.1, -0.05) is 27.7 Å². The van der Waals surface area contributed by atoms with E-state index in [0.29, 0.717) is 30.5 Å². The van der Waals surface area contributed by atoms with Gasteiger partial charge in [0.1, 0.15) is 11.9 Å². The van der Waals surface area contributed by atoms with Crippen LogP contribution in [-0.4, -0.2) is 52.5 Å². The van der Waals surface area contributed by atoms with E-state index in [2.05, 4.69) is 27.7 Å². The van der Waals surface area contributed by atoms with Crippen LogP contribution in [0.15, 0.2) is 0 Å². The molecule has 0 bridgehead atoms. The van der Waals surface area contributed by atoms with Crippen molar-refractivity contribution in [3.05, 3.63) is 0 Å². The molecule has 1 aliphatic heterocycles. The predicted octanol–water partition coefficient (Wildman–Crippen LogP) is 5.07. The lowest BCUT2D eigenvalue weighted by molar-refractivity contribution is -0.233. The first-order valence-electron chi connectivity index (χ1n) is 15.3. The van der Waals surface area contributed by atoms with Crippen molar-refractivity contribution in [2.24, 2.45) is 50.7 Å². The first-order chi connectivity index (χ1) is 17.6. The molecule has 6 heteroatoms. The molecule has 0 aromatic heterocycles. The third kappa shape index (κ3) is 3.17. The molecule has 11 atom stereocenters. The summed E-state index contributed by atoms with van der Waals surface area (Å²) in [5.74, 6) is 0.935. The van der Waals surface area contributed by atoms with Gasteiger partial charge in [-0.15, -0.1) is 0 Å². The lowest BCUT2D eigenvalue weighted by Crippen LogP contribution is -2.66. The van der Waals surface area contributed by atoms with Crippen LogP contribution in [0.2, 0.25) is 0 Å². The van der Waals surface area contributed by atoms with Gasteiger partial charge in [0.2, 0.25) is 0 Å². The molecule has 5 saturated carbocycles. The molecule has 0 amide bonds. The summed E-state index contributed by atoms with van der Waals surface area (Å²) in [5, 5.41) is 21.7. The summed E-state index contributed by atoms with van der Waals surface area (Å²) in [6.07, 6.45) is 7.24. The van der Waals surface area contributed by atoms with Crippen LogP contribution in [0.1, 0.15) is 106 Å². The van der Waals surface area contributed by atoms with Gasteiger partial charge in [0.05, 0.1) is 17.8 Å². The summed E-state index contributed by atoms with van der Waals surface area (Å²) in [4.78, 5) is 25.6. The zero-order chi connectivity index (χ0) is 27.7. The largest absolute Gasteiger partial charge is 0.462 e. The molecule has 1 heterocycles. The number of aliphatic hydroxyl groups is 2. The standard InChI is InChI=1S/C32H50O6/c1-18(34)37-25-14-23-28(4,5)24(36)10-11-29(23,6)22-9-12-31-17-32(31,30(22,25)7)13-8-20(31)19(16-33)26-21(35)15-27(2,3)38-26/h19-23,25-26,33,35H,8-17H2,1-7H3. The van der Waals surface area contributed by atoms with E-state index in [9.17, 15) is 19.8 Å². The molecular formula is C32H50O6. The maximum atomic E-state index is 13.1. The molecule has 38 heavy (non-hydrogen) atoms. The molecule has 0 aromatic carbocycles. The second kappa shape index (κ2) is 8.06. The monoisotopic (exact) mass is 530 g/mol. The van der Waals surface area contributed by atoms with Crippen LogP contribution in [0.3, 0.4) is 0 Å². The summed E-state index contributed by atoms with van der Waals surface area (Å²) in [6, 6.07) is 0. The summed E-state index contributed by atoms with van der Waals surface area (Å²) >= 11 is 0. The minimum atomic E-state index is -0.552. The number of hydrogen-bond acceptors (Lipinski definition) is 6. The van der Waals surface area contributed by atoms with Crippen LogP contribution >= 0.6 is 0 Å². The van der Waals surface area contributed by atoms with Gasteiger partial charge in [-0.2, -0.15) is 0 Å². The second-order valence-corrected chi connectivity index (χ2v) is 15.9. The maximum Gasteiger partial charge on any atom is 0.302 e. The Morgan fingerprint density at radius 3 is 2.39 bits per heavy atom. The molecule has 1 saturated heterocycles. The minimum Gasteiger partial charge on any atom is -0.462 e. The van der Waals surface area contributed by atoms with E-state index in [1.807, 2.05) is 13.8 Å². The highest BCUT2D eigenvalue weighted by atomic mass is 16.5. The van der Waals surface area contributed by atoms with E-state index >= 15 is 0 Å². The predicted molar refractivity (Wildman–Crippen MR) is 143 cm³/mol. The highest BCUT2D eigenvalue weighted by molar-refractivity contribution is 5.85. The van der Waals surface area contributed by atoms with Crippen molar-refractivity contribution in [1.29, 1.82) is 0 Å². The number of hydrogen-bond donors (Lipinski definition) is 2. The Balaban J connectivity index is 1.39. The summed E-state index contributed by atoms with van der Waals surface area (Å²) in [6.45, 7) is 14.7. The Hall–Kier alpha value is -0.980. The summed E-state index contributed by atoms with van der Waals surface area (Å²) in [5.41, 5.74) is -0.748. The van der Waals surface area contributed by atoms with E-state index in [1.54, 1.807) is 0 Å². The average molecular weight is 531 g/mol. The number of aliphatic hydroxyl groups excluding tert-OH is 2. The van der Waals surface area contributed by atoms with Crippen LogP contribution in [-0.2, 0) is 19.1 Å². The van der Waals surface area contributed by atoms with Crippen LogP contribution in [0, 0.1) is 50.7 Å². The normalized spacial score (nSPS) is 52.8. The first-order valence-corrected chi connectivity index (χ1v) is 15.3. The Morgan fingerprint density at radius 2 is 1.79 bits per heavy atom. The van der Waals surface area contributed by atoms with Crippen molar-refractivity contribution in [1.82, 2.24) is 0 Å². The average Bonchev–Trinajstić information content (AvgIpc) is 3.28. The SMILES string of the molecule is CC(=O)OC1CC2C(C)(C)C(=O)CCC2(C)C2CCC34CC3(CCC4C(CO)C3OC(C)(C)CC3O)C12C. The van der Waals surface area contributed by atoms with Gasteiger partial charge in [-0.05, 0) is 92.8 Å². The molecule has 0 aromatic rings. The topological polar surface area (TPSA) is 93.1 Å². The van der Waals surface area contributed by atoms with E-state index in [-0.39, 0.29) is 63.9 Å². The number of esters is 1. The van der Waals surface area contributed by atoms with E-state index < -0.39 is 11.5 Å². The molecule has 0 radical (unpaired) electrons. The smallest absolute Gasteiger partial charge is 0.302 e. The fourth-order valence-electron chi connectivity index (χ4n) is 12.4. The van der Waals surface area contributed by atoms with Crippen molar-refractivity contribution in [2.45, 2.75) is 130 Å². The number of rotatable bonds is 4. The molecule has 5 aliphatic carbocycles. The van der Waals surface area contributed by atoms with Gasteiger partial charge >= 0.3 is 5.97 Å². The third-order valence-electron chi connectivity index (χ3n) is 13.9. The second-order valence-electron chi connectivity index (χ2n) is 15.9. The third-order valence-corrected chi connectivity index (χ3v) is 13.9. The zero-order valence-electron chi connectivity index (χ0n) is 24.6. The fraction of sp³-hybridized carbons (Fsp3) is 0.938. The Morgan fingerprint density at radius 1 is 1.08 bits per heavy atom. The Labute approximate surface area is 228 Å². The molecule has 6 nitrogen and oxygen atoms in total. The fourth-order valence-corrected chi connectivity index (χ4v) is 12.4. The quantitative estimate of drug-likeness (QED) is 0.493. The maximum absolute atomic E-state index is 13.1. The molecule has 6 fully saturated rings. The molecule has 214 valence electrons. The van der Waals surface area contributed by atoms with Gasteiger partial charge in [0.25, 0.3) is 0 Å². The lowest BCUT2D eigenvalue weighted by atomic mass is 9.37. The number of fused-ring (bicyclic) bond motifs is 3. The van der Waals surface area contributed by atoms with Crippen LogP contribution in [0.4, 0.5) is 0 Å². The van der Waals surface area contributed by atoms with Crippen molar-refractivity contribution in [3.8, 4) is 0 Å². The zero-order valence-corrected chi connectivity index (χ0v) is 24.6. The summed E-state index contributed by atoms with van der Waals surface area (Å²) in [7, 11) is 0. The van der Waals surface area contributed by atoms with Crippen LogP contribution in [0.25, 0.3) is 0 Å². The van der Waals surface area contributed by atoms with Crippen LogP contribution < -0.4 is 0 Å². The number of Topliss-reactive ketones (excluding diaryl/α,β-unsaturated/α-hetero) is 1. The van der Waals surface area contributed by atoms with Crippen LogP contribution in [0.5, 0.6) is 0 Å². The molecule has 0 spiro atoms. The van der Waals surface area contributed by atoms with Crippen molar-refractivity contribution < 1.29 is 29.3 Å². The molecule has 6 rings (SSSR count). The van der Waals surface area contributed by atoms with Crippen molar-refractivity contribution in [2.75, 3.05) is 6.61 Å². The lowest BCUT2D eigenvalue weighted by Gasteiger charge is -2.67. The highest BCUT2D eigenvalue weighted by Crippen LogP contribution is 2.91. The van der Waals surface area contributed by atoms with E-state index in [0.717, 1.165) is 44.9 Å². The van der Waals surface area contributed by atoms with Crippen molar-refractivity contribution in [3.63, 3.8) is 0 Å².